The monoisotopic (exact) mass is 595 g/mol. The first kappa shape index (κ1) is 28.8. The number of aliphatic carboxylic acids is 1. The topological polar surface area (TPSA) is 109 Å². The van der Waals surface area contributed by atoms with Gasteiger partial charge in [-0.15, -0.1) is 0 Å². The number of carbonyl (C=O) groups is 3. The number of carboxylic acid groups (broad SMARTS) is 1. The summed E-state index contributed by atoms with van der Waals surface area (Å²) in [5.74, 6) is -1.14. The van der Waals surface area contributed by atoms with Crippen molar-refractivity contribution in [3.8, 4) is 5.75 Å². The van der Waals surface area contributed by atoms with E-state index in [0.717, 1.165) is 36.8 Å². The highest BCUT2D eigenvalue weighted by Crippen LogP contribution is 2.54. The molecule has 10 heteroatoms. The van der Waals surface area contributed by atoms with Gasteiger partial charge >= 0.3 is 5.97 Å². The molecule has 0 radical (unpaired) electrons. The number of likely N-dealkylation sites (tertiary alicyclic amines) is 1. The van der Waals surface area contributed by atoms with Crippen molar-refractivity contribution < 1.29 is 24.2 Å². The lowest BCUT2D eigenvalue weighted by atomic mass is 9.66. The number of hydrogen-bond acceptors (Lipinski definition) is 5. The summed E-state index contributed by atoms with van der Waals surface area (Å²) >= 11 is 6.74. The molecule has 9 nitrogen and oxygen atoms in total. The first-order valence-electron chi connectivity index (χ1n) is 14.9. The molecule has 2 aliphatic carbocycles. The van der Waals surface area contributed by atoms with Gasteiger partial charge in [0, 0.05) is 49.8 Å². The highest BCUT2D eigenvalue weighted by molar-refractivity contribution is 6.31. The van der Waals surface area contributed by atoms with E-state index in [1.54, 1.807) is 37.1 Å². The van der Waals surface area contributed by atoms with Crippen molar-refractivity contribution in [2.24, 2.45) is 23.8 Å². The smallest absolute Gasteiger partial charge is 0.310 e. The Morgan fingerprint density at radius 1 is 1.12 bits per heavy atom. The largest absolute Gasteiger partial charge is 0.487 e. The maximum Gasteiger partial charge on any atom is 0.310 e. The van der Waals surface area contributed by atoms with Crippen molar-refractivity contribution in [3.05, 3.63) is 62.5 Å². The number of amides is 2. The van der Waals surface area contributed by atoms with Crippen LogP contribution in [0.1, 0.15) is 74.7 Å². The van der Waals surface area contributed by atoms with E-state index >= 15 is 0 Å². The molecule has 0 unspecified atom stereocenters. The van der Waals surface area contributed by atoms with Gasteiger partial charge in [-0.3, -0.25) is 19.2 Å². The molecule has 1 spiro atoms. The Labute approximate surface area is 250 Å². The van der Waals surface area contributed by atoms with Crippen LogP contribution < -0.4 is 10.3 Å². The number of carbonyl (C=O) groups excluding carboxylic acids is 2. The average molecular weight is 596 g/mol. The van der Waals surface area contributed by atoms with Crippen LogP contribution in [0.2, 0.25) is 5.02 Å². The molecule has 3 fully saturated rings. The molecule has 2 saturated carbocycles. The third-order valence-electron chi connectivity index (χ3n) is 10.3. The molecule has 0 bridgehead atoms. The van der Waals surface area contributed by atoms with E-state index in [1.807, 2.05) is 11.0 Å². The number of rotatable bonds is 7. The first-order valence-corrected chi connectivity index (χ1v) is 15.3. The molecule has 1 aromatic heterocycles. The van der Waals surface area contributed by atoms with Crippen molar-refractivity contribution >= 4 is 29.4 Å². The average Bonchev–Trinajstić information content (AvgIpc) is 3.64. The molecular formula is C32H38ClN3O6. The van der Waals surface area contributed by atoms with Gasteiger partial charge in [0.15, 0.2) is 0 Å². The van der Waals surface area contributed by atoms with Gasteiger partial charge in [0.1, 0.15) is 12.4 Å². The quantitative estimate of drug-likeness (QED) is 0.510. The summed E-state index contributed by atoms with van der Waals surface area (Å²) in [6.45, 7) is 3.18. The number of fused-ring (bicyclic) bond motifs is 1. The lowest BCUT2D eigenvalue weighted by Gasteiger charge is -2.45. The van der Waals surface area contributed by atoms with Crippen LogP contribution in [0.4, 0.5) is 0 Å². The fraction of sp³-hybridized carbons (Fsp3) is 0.562. The molecule has 1 saturated heterocycles. The van der Waals surface area contributed by atoms with Crippen LogP contribution >= 0.6 is 11.6 Å². The minimum atomic E-state index is -1.15. The summed E-state index contributed by atoms with van der Waals surface area (Å²) in [6, 6.07) is 8.05. The van der Waals surface area contributed by atoms with Crippen LogP contribution in [0.25, 0.3) is 0 Å². The fourth-order valence-corrected chi connectivity index (χ4v) is 7.58. The number of hydrogen-bond donors (Lipinski definition) is 1. The molecule has 6 rings (SSSR count). The third-order valence-corrected chi connectivity index (χ3v) is 10.6. The summed E-state index contributed by atoms with van der Waals surface area (Å²) in [7, 11) is 1.69. The lowest BCUT2D eigenvalue weighted by molar-refractivity contribution is -0.162. The first-order chi connectivity index (χ1) is 20.0. The number of aromatic nitrogens is 1. The van der Waals surface area contributed by atoms with E-state index in [0.29, 0.717) is 61.8 Å². The molecule has 1 aromatic carbocycles. The summed E-state index contributed by atoms with van der Waals surface area (Å²) in [5.41, 5.74) is 1.10. The van der Waals surface area contributed by atoms with Crippen LogP contribution in [-0.2, 0) is 34.5 Å². The fourth-order valence-electron chi connectivity index (χ4n) is 7.32. The summed E-state index contributed by atoms with van der Waals surface area (Å²) in [4.78, 5) is 55.9. The molecule has 4 aliphatic rings. The van der Waals surface area contributed by atoms with Crippen LogP contribution in [0.3, 0.4) is 0 Å². The molecule has 3 atom stereocenters. The highest BCUT2D eigenvalue weighted by Gasteiger charge is 2.53. The van der Waals surface area contributed by atoms with E-state index in [2.05, 4.69) is 0 Å². The van der Waals surface area contributed by atoms with Gasteiger partial charge in [-0.2, -0.15) is 0 Å². The van der Waals surface area contributed by atoms with Gasteiger partial charge in [0.05, 0.1) is 23.1 Å². The molecule has 1 N–H and O–H groups in total. The van der Waals surface area contributed by atoms with Gasteiger partial charge in [-0.25, -0.2) is 0 Å². The van der Waals surface area contributed by atoms with Crippen molar-refractivity contribution in [1.29, 1.82) is 0 Å². The molecule has 42 heavy (non-hydrogen) atoms. The number of halogens is 1. The number of pyridine rings is 1. The second kappa shape index (κ2) is 10.7. The van der Waals surface area contributed by atoms with E-state index in [1.165, 1.54) is 10.6 Å². The molecular weight excluding hydrogens is 558 g/mol. The maximum absolute atomic E-state index is 14.4. The predicted molar refractivity (Wildman–Crippen MR) is 156 cm³/mol. The van der Waals surface area contributed by atoms with Crippen molar-refractivity contribution in [1.82, 2.24) is 14.4 Å². The summed E-state index contributed by atoms with van der Waals surface area (Å²) in [6.07, 6.45) is 5.65. The Bertz CT molecular complexity index is 1500. The Balaban J connectivity index is 1.39. The third kappa shape index (κ3) is 4.99. The van der Waals surface area contributed by atoms with Crippen molar-refractivity contribution in [3.63, 3.8) is 0 Å². The molecule has 2 aliphatic heterocycles. The van der Waals surface area contributed by atoms with Crippen LogP contribution in [0, 0.1) is 16.7 Å². The van der Waals surface area contributed by atoms with Crippen molar-refractivity contribution in [2.45, 2.75) is 70.9 Å². The van der Waals surface area contributed by atoms with E-state index in [4.69, 9.17) is 16.3 Å². The Morgan fingerprint density at radius 3 is 2.62 bits per heavy atom. The van der Waals surface area contributed by atoms with Crippen molar-refractivity contribution in [2.75, 3.05) is 19.6 Å². The van der Waals surface area contributed by atoms with Gasteiger partial charge in [-0.05, 0) is 68.2 Å². The molecule has 3 heterocycles. The minimum absolute atomic E-state index is 0.0560. The Morgan fingerprint density at radius 2 is 1.90 bits per heavy atom. The predicted octanol–water partition coefficient (Wildman–Crippen LogP) is 4.34. The summed E-state index contributed by atoms with van der Waals surface area (Å²) in [5, 5.41) is 10.8. The zero-order chi connectivity index (χ0) is 29.8. The van der Waals surface area contributed by atoms with E-state index in [-0.39, 0.29) is 29.4 Å². The maximum atomic E-state index is 14.4. The second-order valence-corrected chi connectivity index (χ2v) is 13.3. The highest BCUT2D eigenvalue weighted by atomic mass is 35.5. The van der Waals surface area contributed by atoms with E-state index in [9.17, 15) is 24.3 Å². The Kier molecular flexibility index (Phi) is 7.36. The SMILES string of the molecule is Cn1c(COc2ccc(Cl)c3c2[C@@H](CN2CC4(CC4)CC2=O)N(C(=O)[C@@H]2CCCC[C@]2(C)C(=O)O)CC3)cccc1=O. The zero-order valence-electron chi connectivity index (χ0n) is 24.2. The zero-order valence-corrected chi connectivity index (χ0v) is 25.0. The van der Waals surface area contributed by atoms with Crippen LogP contribution in [-0.4, -0.2) is 56.9 Å². The standard InChI is InChI=1S/C32H38ClN3O6/c1-31(30(40)41)12-4-3-7-22(31)29(39)36-15-11-21-23(33)9-10-25(42-18-20-6-5-8-26(37)34(20)2)28(21)24(36)17-35-19-32(13-14-32)16-27(35)38/h5-6,8-10,22,24H,3-4,7,11-19H2,1-2H3,(H,40,41)/t22-,24+,31-/m0/s1. The number of benzene rings is 1. The Hall–Kier alpha value is -3.33. The lowest BCUT2D eigenvalue weighted by Crippen LogP contribution is -2.52. The number of carboxylic acids is 1. The van der Waals surface area contributed by atoms with Gasteiger partial charge in [0.2, 0.25) is 11.8 Å². The van der Waals surface area contributed by atoms with E-state index < -0.39 is 23.3 Å². The van der Waals surface area contributed by atoms with Gasteiger partial charge < -0.3 is 24.2 Å². The number of nitrogens with zero attached hydrogens (tertiary/aromatic N) is 3. The van der Waals surface area contributed by atoms with Crippen LogP contribution in [0.15, 0.2) is 35.1 Å². The van der Waals surface area contributed by atoms with Gasteiger partial charge in [0.25, 0.3) is 5.56 Å². The molecule has 224 valence electrons. The summed E-state index contributed by atoms with van der Waals surface area (Å²) < 4.78 is 7.89. The van der Waals surface area contributed by atoms with Crippen LogP contribution in [0.5, 0.6) is 5.75 Å². The second-order valence-electron chi connectivity index (χ2n) is 12.9. The molecule has 2 aromatic rings. The number of ether oxygens (including phenoxy) is 1. The van der Waals surface area contributed by atoms with Gasteiger partial charge in [-0.1, -0.05) is 30.5 Å². The molecule has 2 amide bonds. The minimum Gasteiger partial charge on any atom is -0.487 e. The normalized spacial score (nSPS) is 26.3.